The monoisotopic (exact) mass is 331 g/mol. The van der Waals surface area contributed by atoms with Crippen molar-refractivity contribution in [2.45, 2.75) is 46.1 Å². The van der Waals surface area contributed by atoms with Crippen molar-refractivity contribution < 1.29 is 13.7 Å². The van der Waals surface area contributed by atoms with Gasteiger partial charge in [-0.05, 0) is 44.4 Å². The van der Waals surface area contributed by atoms with Crippen molar-refractivity contribution in [3.63, 3.8) is 0 Å². The standard InChI is InChI=1S/C18H22FN3O2/c1-4-16-17(12(3)21-24-16)15-6-5-9-22(15)18(23)20-13-8-7-11(2)14(19)10-13/h7-8,10,15H,4-6,9H2,1-3H3,(H,20,23)/t15-/m0/s1. The molecule has 2 amide bonds. The second kappa shape index (κ2) is 6.63. The van der Waals surface area contributed by atoms with E-state index in [9.17, 15) is 9.18 Å². The molecule has 1 aliphatic heterocycles. The zero-order valence-corrected chi connectivity index (χ0v) is 14.2. The number of urea groups is 1. The predicted octanol–water partition coefficient (Wildman–Crippen LogP) is 4.36. The van der Waals surface area contributed by atoms with Gasteiger partial charge in [-0.2, -0.15) is 0 Å². The van der Waals surface area contributed by atoms with Crippen molar-refractivity contribution in [3.05, 3.63) is 46.6 Å². The van der Waals surface area contributed by atoms with E-state index in [1.807, 2.05) is 13.8 Å². The first-order chi connectivity index (χ1) is 11.5. The van der Waals surface area contributed by atoms with Crippen LogP contribution in [-0.4, -0.2) is 22.6 Å². The Bertz CT molecular complexity index is 757. The highest BCUT2D eigenvalue weighted by Crippen LogP contribution is 2.36. The number of aromatic nitrogens is 1. The Kier molecular flexibility index (Phi) is 4.55. The van der Waals surface area contributed by atoms with Crippen molar-refractivity contribution in [3.8, 4) is 0 Å². The molecule has 0 radical (unpaired) electrons. The van der Waals surface area contributed by atoms with E-state index in [4.69, 9.17) is 4.52 Å². The Balaban J connectivity index is 1.81. The Morgan fingerprint density at radius 3 is 2.96 bits per heavy atom. The molecule has 0 spiro atoms. The average Bonchev–Trinajstić information content (AvgIpc) is 3.16. The van der Waals surface area contributed by atoms with E-state index >= 15 is 0 Å². The summed E-state index contributed by atoms with van der Waals surface area (Å²) < 4.78 is 19.0. The molecule has 6 heteroatoms. The SMILES string of the molecule is CCc1onc(C)c1[C@@H]1CCCN1C(=O)Nc1ccc(C)c(F)c1. The van der Waals surface area contributed by atoms with Crippen molar-refractivity contribution >= 4 is 11.7 Å². The molecule has 1 aromatic carbocycles. The van der Waals surface area contributed by atoms with Crippen LogP contribution in [0.1, 0.15) is 48.4 Å². The molecule has 1 N–H and O–H groups in total. The van der Waals surface area contributed by atoms with Crippen molar-refractivity contribution in [2.24, 2.45) is 0 Å². The molecule has 1 fully saturated rings. The van der Waals surface area contributed by atoms with Gasteiger partial charge in [0, 0.05) is 24.2 Å². The lowest BCUT2D eigenvalue weighted by atomic mass is 10.0. The van der Waals surface area contributed by atoms with Gasteiger partial charge in [-0.25, -0.2) is 9.18 Å². The molecule has 5 nitrogen and oxygen atoms in total. The molecular formula is C18H22FN3O2. The molecule has 0 bridgehead atoms. The molecule has 2 heterocycles. The van der Waals surface area contributed by atoms with Gasteiger partial charge in [0.25, 0.3) is 0 Å². The third kappa shape index (κ3) is 3.00. The third-order valence-corrected chi connectivity index (χ3v) is 4.57. The fourth-order valence-electron chi connectivity index (χ4n) is 3.28. The van der Waals surface area contributed by atoms with Gasteiger partial charge in [-0.15, -0.1) is 0 Å². The molecule has 2 aromatic rings. The predicted molar refractivity (Wildman–Crippen MR) is 89.5 cm³/mol. The topological polar surface area (TPSA) is 58.4 Å². The number of rotatable bonds is 3. The van der Waals surface area contributed by atoms with Gasteiger partial charge >= 0.3 is 6.03 Å². The van der Waals surface area contributed by atoms with E-state index in [0.717, 1.165) is 36.3 Å². The average molecular weight is 331 g/mol. The number of benzene rings is 1. The van der Waals surface area contributed by atoms with E-state index in [1.54, 1.807) is 24.0 Å². The molecule has 0 saturated carbocycles. The number of carbonyl (C=O) groups is 1. The minimum atomic E-state index is -0.325. The first-order valence-electron chi connectivity index (χ1n) is 8.30. The number of halogens is 1. The largest absolute Gasteiger partial charge is 0.361 e. The first-order valence-corrected chi connectivity index (χ1v) is 8.30. The molecule has 128 valence electrons. The van der Waals surface area contributed by atoms with Crippen LogP contribution in [0.15, 0.2) is 22.7 Å². The zero-order valence-electron chi connectivity index (χ0n) is 14.2. The highest BCUT2D eigenvalue weighted by atomic mass is 19.1. The second-order valence-electron chi connectivity index (χ2n) is 6.20. The van der Waals surface area contributed by atoms with Gasteiger partial charge in [0.2, 0.25) is 0 Å². The number of hydrogen-bond acceptors (Lipinski definition) is 3. The van der Waals surface area contributed by atoms with Gasteiger partial charge in [0.05, 0.1) is 11.7 Å². The van der Waals surface area contributed by atoms with Crippen molar-refractivity contribution in [1.29, 1.82) is 0 Å². The Morgan fingerprint density at radius 1 is 1.46 bits per heavy atom. The quantitative estimate of drug-likeness (QED) is 0.909. The highest BCUT2D eigenvalue weighted by Gasteiger charge is 2.34. The minimum absolute atomic E-state index is 0.0403. The molecule has 1 aliphatic rings. The number of aryl methyl sites for hydroxylation is 3. The molecule has 0 aliphatic carbocycles. The fraction of sp³-hybridized carbons (Fsp3) is 0.444. The summed E-state index contributed by atoms with van der Waals surface area (Å²) in [5, 5.41) is 6.84. The third-order valence-electron chi connectivity index (χ3n) is 4.57. The number of nitrogens with one attached hydrogen (secondary N) is 1. The van der Waals surface area contributed by atoms with Crippen molar-refractivity contribution in [1.82, 2.24) is 10.1 Å². The van der Waals surface area contributed by atoms with Crippen LogP contribution in [0.3, 0.4) is 0 Å². The van der Waals surface area contributed by atoms with Crippen LogP contribution in [0.25, 0.3) is 0 Å². The van der Waals surface area contributed by atoms with E-state index in [-0.39, 0.29) is 17.9 Å². The summed E-state index contributed by atoms with van der Waals surface area (Å²) >= 11 is 0. The van der Waals surface area contributed by atoms with Crippen LogP contribution in [0.5, 0.6) is 0 Å². The Hall–Kier alpha value is -2.37. The molecule has 1 atom stereocenters. The lowest BCUT2D eigenvalue weighted by molar-refractivity contribution is 0.206. The summed E-state index contributed by atoms with van der Waals surface area (Å²) in [6, 6.07) is 4.46. The summed E-state index contributed by atoms with van der Waals surface area (Å²) in [5.74, 6) is 0.507. The van der Waals surface area contributed by atoms with Gasteiger partial charge < -0.3 is 14.7 Å². The highest BCUT2D eigenvalue weighted by molar-refractivity contribution is 5.89. The zero-order chi connectivity index (χ0) is 17.3. The molecular weight excluding hydrogens is 309 g/mol. The van der Waals surface area contributed by atoms with E-state index < -0.39 is 0 Å². The molecule has 3 rings (SSSR count). The van der Waals surface area contributed by atoms with Gasteiger partial charge in [0.15, 0.2) is 0 Å². The van der Waals surface area contributed by atoms with Gasteiger partial charge in [0.1, 0.15) is 11.6 Å². The Labute approximate surface area is 140 Å². The van der Waals surface area contributed by atoms with Crippen LogP contribution in [0, 0.1) is 19.7 Å². The summed E-state index contributed by atoms with van der Waals surface area (Å²) in [7, 11) is 0. The van der Waals surface area contributed by atoms with E-state index in [2.05, 4.69) is 10.5 Å². The van der Waals surface area contributed by atoms with Crippen molar-refractivity contribution in [2.75, 3.05) is 11.9 Å². The Morgan fingerprint density at radius 2 is 2.25 bits per heavy atom. The van der Waals surface area contributed by atoms with Gasteiger partial charge in [-0.1, -0.05) is 18.1 Å². The number of likely N-dealkylation sites (tertiary alicyclic amines) is 1. The smallest absolute Gasteiger partial charge is 0.322 e. The second-order valence-corrected chi connectivity index (χ2v) is 6.20. The normalized spacial score (nSPS) is 17.3. The van der Waals surface area contributed by atoms with Crippen LogP contribution in [0.4, 0.5) is 14.9 Å². The molecule has 0 unspecified atom stereocenters. The molecule has 1 saturated heterocycles. The summed E-state index contributed by atoms with van der Waals surface area (Å²) in [4.78, 5) is 14.5. The number of carbonyl (C=O) groups excluding carboxylic acids is 1. The van der Waals surface area contributed by atoms with Crippen LogP contribution in [0.2, 0.25) is 0 Å². The lowest BCUT2D eigenvalue weighted by Gasteiger charge is -2.25. The maximum Gasteiger partial charge on any atom is 0.322 e. The number of hydrogen-bond donors (Lipinski definition) is 1. The van der Waals surface area contributed by atoms with Crippen LogP contribution >= 0.6 is 0 Å². The van der Waals surface area contributed by atoms with Gasteiger partial charge in [-0.3, -0.25) is 0 Å². The number of anilines is 1. The maximum atomic E-state index is 13.7. The van der Waals surface area contributed by atoms with Crippen LogP contribution in [-0.2, 0) is 6.42 Å². The number of nitrogens with zero attached hydrogens (tertiary/aromatic N) is 2. The van der Waals surface area contributed by atoms with E-state index in [1.165, 1.54) is 6.07 Å². The minimum Gasteiger partial charge on any atom is -0.361 e. The lowest BCUT2D eigenvalue weighted by Crippen LogP contribution is -2.34. The fourth-order valence-corrected chi connectivity index (χ4v) is 3.28. The number of amides is 2. The summed E-state index contributed by atoms with van der Waals surface area (Å²) in [6.45, 7) is 6.27. The first kappa shape index (κ1) is 16.5. The maximum absolute atomic E-state index is 13.7. The van der Waals surface area contributed by atoms with Crippen LogP contribution < -0.4 is 5.32 Å². The van der Waals surface area contributed by atoms with E-state index in [0.29, 0.717) is 17.8 Å². The summed E-state index contributed by atoms with van der Waals surface area (Å²) in [5.41, 5.74) is 2.87. The molecule has 1 aromatic heterocycles. The summed E-state index contributed by atoms with van der Waals surface area (Å²) in [6.07, 6.45) is 2.55. The molecule has 24 heavy (non-hydrogen) atoms.